The van der Waals surface area contributed by atoms with Crippen LogP contribution >= 0.6 is 11.8 Å². The summed E-state index contributed by atoms with van der Waals surface area (Å²) in [4.78, 5) is 11.3. The van der Waals surface area contributed by atoms with E-state index >= 15 is 0 Å². The highest BCUT2D eigenvalue weighted by Gasteiger charge is 2.22. The fourth-order valence-electron chi connectivity index (χ4n) is 2.62. The van der Waals surface area contributed by atoms with Crippen LogP contribution in [0.25, 0.3) is 0 Å². The van der Waals surface area contributed by atoms with Crippen LogP contribution in [0.3, 0.4) is 0 Å². The molecule has 0 aromatic heterocycles. The van der Waals surface area contributed by atoms with Crippen molar-refractivity contribution in [1.82, 2.24) is 0 Å². The van der Waals surface area contributed by atoms with Crippen LogP contribution < -0.4 is 10.1 Å². The topological polar surface area (TPSA) is 58.6 Å². The number of hydrogen-bond donors (Lipinski definition) is 2. The van der Waals surface area contributed by atoms with Gasteiger partial charge in [0.2, 0.25) is 0 Å². The molecule has 0 amide bonds. The molecule has 0 heterocycles. The summed E-state index contributed by atoms with van der Waals surface area (Å²) >= 11 is 1.93. The molecule has 2 N–H and O–H groups in total. The van der Waals surface area contributed by atoms with E-state index in [2.05, 4.69) is 11.6 Å². The predicted octanol–water partition coefficient (Wildman–Crippen LogP) is 3.48. The van der Waals surface area contributed by atoms with Crippen molar-refractivity contribution in [3.8, 4) is 5.75 Å². The van der Waals surface area contributed by atoms with Gasteiger partial charge >= 0.3 is 5.97 Å². The molecule has 2 rings (SSSR count). The van der Waals surface area contributed by atoms with E-state index in [1.807, 2.05) is 11.8 Å². The maximum atomic E-state index is 11.3. The molecule has 4 nitrogen and oxygen atoms in total. The molecule has 110 valence electrons. The number of thioether (sulfide) groups is 1. The lowest BCUT2D eigenvalue weighted by atomic mass is 9.94. The number of hydrogen-bond acceptors (Lipinski definition) is 4. The number of aromatic carboxylic acids is 1. The van der Waals surface area contributed by atoms with Crippen LogP contribution in [-0.4, -0.2) is 35.7 Å². The molecule has 0 unspecified atom stereocenters. The fourth-order valence-corrected chi connectivity index (χ4v) is 3.36. The van der Waals surface area contributed by atoms with E-state index in [0.717, 1.165) is 18.1 Å². The van der Waals surface area contributed by atoms with Crippen molar-refractivity contribution in [2.75, 3.05) is 18.7 Å². The molecule has 1 saturated carbocycles. The van der Waals surface area contributed by atoms with E-state index in [1.54, 1.807) is 25.3 Å². The van der Waals surface area contributed by atoms with Crippen LogP contribution in [0.1, 0.15) is 36.0 Å². The van der Waals surface area contributed by atoms with E-state index in [1.165, 1.54) is 12.8 Å². The largest absolute Gasteiger partial charge is 0.497 e. The Balaban J connectivity index is 2.09. The van der Waals surface area contributed by atoms with Gasteiger partial charge in [0, 0.05) is 17.4 Å². The molecule has 1 aliphatic carbocycles. The SMILES string of the molecule is COc1ccc(C(=O)O)c(NC2CCC(SC)CC2)c1. The zero-order valence-electron chi connectivity index (χ0n) is 11.9. The van der Waals surface area contributed by atoms with Gasteiger partial charge in [-0.3, -0.25) is 0 Å². The first-order valence-corrected chi connectivity index (χ1v) is 8.13. The van der Waals surface area contributed by atoms with Gasteiger partial charge < -0.3 is 15.2 Å². The maximum absolute atomic E-state index is 11.3. The van der Waals surface area contributed by atoms with Crippen molar-refractivity contribution in [3.05, 3.63) is 23.8 Å². The van der Waals surface area contributed by atoms with Gasteiger partial charge in [0.25, 0.3) is 0 Å². The number of benzene rings is 1. The van der Waals surface area contributed by atoms with E-state index in [0.29, 0.717) is 23.0 Å². The average Bonchev–Trinajstić information content (AvgIpc) is 2.47. The minimum atomic E-state index is -0.909. The Labute approximate surface area is 123 Å². The van der Waals surface area contributed by atoms with Crippen LogP contribution in [0.4, 0.5) is 5.69 Å². The Kier molecular flexibility index (Phi) is 5.17. The number of ether oxygens (including phenoxy) is 1. The number of carboxylic acid groups (broad SMARTS) is 1. The van der Waals surface area contributed by atoms with Gasteiger partial charge in [-0.2, -0.15) is 11.8 Å². The summed E-state index contributed by atoms with van der Waals surface area (Å²) in [5, 5.41) is 13.4. The lowest BCUT2D eigenvalue weighted by molar-refractivity contribution is 0.0698. The summed E-state index contributed by atoms with van der Waals surface area (Å²) in [6.45, 7) is 0. The second kappa shape index (κ2) is 6.88. The molecular weight excluding hydrogens is 274 g/mol. The zero-order chi connectivity index (χ0) is 14.5. The molecule has 0 aliphatic heterocycles. The van der Waals surface area contributed by atoms with Crippen molar-refractivity contribution in [1.29, 1.82) is 0 Å². The maximum Gasteiger partial charge on any atom is 0.337 e. The van der Waals surface area contributed by atoms with Crippen molar-refractivity contribution < 1.29 is 14.6 Å². The average molecular weight is 295 g/mol. The third-order valence-corrected chi connectivity index (χ3v) is 4.96. The third-order valence-electron chi connectivity index (χ3n) is 3.82. The molecular formula is C15H21NO3S. The smallest absolute Gasteiger partial charge is 0.337 e. The predicted molar refractivity (Wildman–Crippen MR) is 83.1 cm³/mol. The van der Waals surface area contributed by atoms with E-state index in [-0.39, 0.29) is 0 Å². The summed E-state index contributed by atoms with van der Waals surface area (Å²) in [5.41, 5.74) is 0.960. The Morgan fingerprint density at radius 2 is 2.05 bits per heavy atom. The minimum Gasteiger partial charge on any atom is -0.497 e. The summed E-state index contributed by atoms with van der Waals surface area (Å²) < 4.78 is 5.18. The molecule has 20 heavy (non-hydrogen) atoms. The monoisotopic (exact) mass is 295 g/mol. The Morgan fingerprint density at radius 1 is 1.35 bits per heavy atom. The standard InChI is InChI=1S/C15H21NO3S/c1-19-11-5-8-13(15(17)18)14(9-11)16-10-3-6-12(20-2)7-4-10/h5,8-10,12,16H,3-4,6-7H2,1-2H3,(H,17,18). The number of methoxy groups -OCH3 is 1. The second-order valence-corrected chi connectivity index (χ2v) is 6.21. The van der Waals surface area contributed by atoms with Crippen LogP contribution in [0.15, 0.2) is 18.2 Å². The van der Waals surface area contributed by atoms with Gasteiger partial charge in [0.15, 0.2) is 0 Å². The molecule has 1 aliphatic rings. The van der Waals surface area contributed by atoms with Crippen LogP contribution in [-0.2, 0) is 0 Å². The van der Waals surface area contributed by atoms with Crippen LogP contribution in [0.5, 0.6) is 5.75 Å². The van der Waals surface area contributed by atoms with Gasteiger partial charge in [-0.25, -0.2) is 4.79 Å². The number of carbonyl (C=O) groups is 1. The molecule has 1 aromatic rings. The highest BCUT2D eigenvalue weighted by molar-refractivity contribution is 7.99. The zero-order valence-corrected chi connectivity index (χ0v) is 12.7. The summed E-state index contributed by atoms with van der Waals surface area (Å²) in [5.74, 6) is -0.233. The highest BCUT2D eigenvalue weighted by Crippen LogP contribution is 2.30. The first-order chi connectivity index (χ1) is 9.63. The van der Waals surface area contributed by atoms with E-state index in [4.69, 9.17) is 4.74 Å². The lowest BCUT2D eigenvalue weighted by Crippen LogP contribution is -2.27. The Hall–Kier alpha value is -1.36. The number of rotatable bonds is 5. The minimum absolute atomic E-state index is 0.304. The Morgan fingerprint density at radius 3 is 2.60 bits per heavy atom. The van der Waals surface area contributed by atoms with Gasteiger partial charge in [0.05, 0.1) is 18.4 Å². The molecule has 0 radical (unpaired) electrons. The molecule has 0 saturated heterocycles. The number of nitrogens with one attached hydrogen (secondary N) is 1. The number of carboxylic acids is 1. The van der Waals surface area contributed by atoms with Gasteiger partial charge in [-0.1, -0.05) is 0 Å². The summed E-state index contributed by atoms with van der Waals surface area (Å²) in [6, 6.07) is 5.39. The van der Waals surface area contributed by atoms with Crippen molar-refractivity contribution in [3.63, 3.8) is 0 Å². The Bertz CT molecular complexity index is 470. The van der Waals surface area contributed by atoms with Crippen molar-refractivity contribution in [2.24, 2.45) is 0 Å². The quantitative estimate of drug-likeness (QED) is 0.871. The second-order valence-electron chi connectivity index (χ2n) is 5.07. The van der Waals surface area contributed by atoms with Gasteiger partial charge in [0.1, 0.15) is 5.75 Å². The lowest BCUT2D eigenvalue weighted by Gasteiger charge is -2.29. The summed E-state index contributed by atoms with van der Waals surface area (Å²) in [7, 11) is 1.59. The molecule has 0 spiro atoms. The van der Waals surface area contributed by atoms with Crippen molar-refractivity contribution in [2.45, 2.75) is 37.0 Å². The normalized spacial score (nSPS) is 22.3. The van der Waals surface area contributed by atoms with Gasteiger partial charge in [-0.15, -0.1) is 0 Å². The first kappa shape index (κ1) is 15.0. The molecule has 0 bridgehead atoms. The summed E-state index contributed by atoms with van der Waals surface area (Å²) in [6.07, 6.45) is 6.70. The van der Waals surface area contributed by atoms with Crippen LogP contribution in [0, 0.1) is 0 Å². The molecule has 1 aromatic carbocycles. The van der Waals surface area contributed by atoms with Gasteiger partial charge in [-0.05, 0) is 44.1 Å². The van der Waals surface area contributed by atoms with Crippen LogP contribution in [0.2, 0.25) is 0 Å². The molecule has 1 fully saturated rings. The number of anilines is 1. The third kappa shape index (κ3) is 3.60. The van der Waals surface area contributed by atoms with E-state index < -0.39 is 5.97 Å². The molecule has 5 heteroatoms. The fraction of sp³-hybridized carbons (Fsp3) is 0.533. The van der Waals surface area contributed by atoms with E-state index in [9.17, 15) is 9.90 Å². The highest BCUT2D eigenvalue weighted by atomic mass is 32.2. The van der Waals surface area contributed by atoms with Crippen molar-refractivity contribution >= 4 is 23.4 Å². The molecule has 0 atom stereocenters. The first-order valence-electron chi connectivity index (χ1n) is 6.84.